The average Bonchev–Trinajstić information content (AvgIpc) is 2.88. The first-order chi connectivity index (χ1) is 10.4. The Balaban J connectivity index is 2.38. The van der Waals surface area contributed by atoms with Crippen LogP contribution in [0.15, 0.2) is 11.1 Å². The zero-order valence-electron chi connectivity index (χ0n) is 15.9. The SMILES string of the molecule is CC1=C(C2OCCO2)C(C)(C)C(=O)CC1O[Si](C)(C)C(C)(C)C. The normalized spacial score (nSPS) is 27.0. The second-order valence-electron chi connectivity index (χ2n) is 8.79. The van der Waals surface area contributed by atoms with E-state index < -0.39 is 20.0 Å². The minimum absolute atomic E-state index is 0.115. The molecule has 1 aliphatic heterocycles. The smallest absolute Gasteiger partial charge is 0.192 e. The number of carbonyl (C=O) groups excluding carboxylic acids is 1. The van der Waals surface area contributed by atoms with E-state index >= 15 is 0 Å². The maximum absolute atomic E-state index is 12.8. The lowest BCUT2D eigenvalue weighted by Crippen LogP contribution is -2.49. The second-order valence-corrected chi connectivity index (χ2v) is 13.5. The average molecular weight is 341 g/mol. The molecule has 1 atom stereocenters. The summed E-state index contributed by atoms with van der Waals surface area (Å²) >= 11 is 0. The first kappa shape index (κ1) is 18.8. The molecule has 2 aliphatic rings. The van der Waals surface area contributed by atoms with E-state index in [4.69, 9.17) is 13.9 Å². The van der Waals surface area contributed by atoms with Crippen LogP contribution in [0.1, 0.15) is 48.0 Å². The third-order valence-corrected chi connectivity index (χ3v) is 10.2. The summed E-state index contributed by atoms with van der Waals surface area (Å²) in [7, 11) is -1.95. The van der Waals surface area contributed by atoms with Crippen LogP contribution in [0.2, 0.25) is 18.1 Å². The molecule has 0 aromatic heterocycles. The van der Waals surface area contributed by atoms with Crippen LogP contribution in [-0.2, 0) is 18.7 Å². The Morgan fingerprint density at radius 2 is 1.70 bits per heavy atom. The molecule has 5 heteroatoms. The first-order valence-electron chi connectivity index (χ1n) is 8.53. The molecule has 132 valence electrons. The highest BCUT2D eigenvalue weighted by Crippen LogP contribution is 2.45. The molecule has 4 nitrogen and oxygen atoms in total. The number of ether oxygens (including phenoxy) is 2. The monoisotopic (exact) mass is 340 g/mol. The van der Waals surface area contributed by atoms with Crippen molar-refractivity contribution in [3.63, 3.8) is 0 Å². The van der Waals surface area contributed by atoms with Crippen molar-refractivity contribution in [3.05, 3.63) is 11.1 Å². The third-order valence-electron chi connectivity index (χ3n) is 5.75. The largest absolute Gasteiger partial charge is 0.410 e. The number of ketones is 1. The van der Waals surface area contributed by atoms with Crippen molar-refractivity contribution in [1.82, 2.24) is 0 Å². The highest BCUT2D eigenvalue weighted by molar-refractivity contribution is 6.74. The van der Waals surface area contributed by atoms with Gasteiger partial charge < -0.3 is 13.9 Å². The van der Waals surface area contributed by atoms with Crippen molar-refractivity contribution < 1.29 is 18.7 Å². The molecule has 1 heterocycles. The van der Waals surface area contributed by atoms with Gasteiger partial charge in [0.15, 0.2) is 14.6 Å². The molecule has 0 amide bonds. The molecular weight excluding hydrogens is 308 g/mol. The molecule has 2 rings (SSSR count). The molecule has 1 aliphatic carbocycles. The van der Waals surface area contributed by atoms with Gasteiger partial charge >= 0.3 is 0 Å². The van der Waals surface area contributed by atoms with Crippen LogP contribution < -0.4 is 0 Å². The minimum atomic E-state index is -1.95. The van der Waals surface area contributed by atoms with E-state index in [1.54, 1.807) is 0 Å². The van der Waals surface area contributed by atoms with Gasteiger partial charge in [-0.3, -0.25) is 4.79 Å². The lowest BCUT2D eigenvalue weighted by Gasteiger charge is -2.44. The summed E-state index contributed by atoms with van der Waals surface area (Å²) in [5.41, 5.74) is 1.54. The van der Waals surface area contributed by atoms with Crippen LogP contribution in [0.25, 0.3) is 0 Å². The van der Waals surface area contributed by atoms with E-state index in [1.165, 1.54) is 0 Å². The van der Waals surface area contributed by atoms with Crippen molar-refractivity contribution in [2.24, 2.45) is 5.41 Å². The van der Waals surface area contributed by atoms with Gasteiger partial charge in [-0.05, 0) is 50.0 Å². The van der Waals surface area contributed by atoms with Crippen molar-refractivity contribution in [3.8, 4) is 0 Å². The van der Waals surface area contributed by atoms with Gasteiger partial charge in [-0.25, -0.2) is 0 Å². The summed E-state index contributed by atoms with van der Waals surface area (Å²) in [6.45, 7) is 18.3. The molecule has 0 spiro atoms. The summed E-state index contributed by atoms with van der Waals surface area (Å²) < 4.78 is 18.0. The third kappa shape index (κ3) is 3.48. The molecule has 0 saturated carbocycles. The molecule has 0 radical (unpaired) electrons. The fraction of sp³-hybridized carbons (Fsp3) is 0.833. The van der Waals surface area contributed by atoms with Gasteiger partial charge in [0.25, 0.3) is 0 Å². The van der Waals surface area contributed by atoms with Crippen molar-refractivity contribution in [2.45, 2.75) is 78.5 Å². The Labute approximate surface area is 141 Å². The van der Waals surface area contributed by atoms with Gasteiger partial charge in [-0.2, -0.15) is 0 Å². The van der Waals surface area contributed by atoms with Crippen molar-refractivity contribution in [2.75, 3.05) is 13.2 Å². The summed E-state index contributed by atoms with van der Waals surface area (Å²) in [5, 5.41) is 0.115. The number of hydrogen-bond donors (Lipinski definition) is 0. The predicted molar refractivity (Wildman–Crippen MR) is 93.9 cm³/mol. The Bertz CT molecular complexity index is 508. The quantitative estimate of drug-likeness (QED) is 0.574. The topological polar surface area (TPSA) is 44.8 Å². The van der Waals surface area contributed by atoms with Crippen LogP contribution in [0.5, 0.6) is 0 Å². The van der Waals surface area contributed by atoms with E-state index in [9.17, 15) is 4.79 Å². The Morgan fingerprint density at radius 3 is 2.17 bits per heavy atom. The maximum atomic E-state index is 12.8. The fourth-order valence-corrected chi connectivity index (χ4v) is 4.39. The zero-order valence-corrected chi connectivity index (χ0v) is 16.9. The van der Waals surface area contributed by atoms with Crippen LogP contribution in [0.3, 0.4) is 0 Å². The van der Waals surface area contributed by atoms with Crippen LogP contribution in [-0.4, -0.2) is 39.7 Å². The van der Waals surface area contributed by atoms with E-state index in [0.29, 0.717) is 19.6 Å². The number of hydrogen-bond acceptors (Lipinski definition) is 4. The van der Waals surface area contributed by atoms with Crippen molar-refractivity contribution in [1.29, 1.82) is 0 Å². The summed E-state index contributed by atoms with van der Waals surface area (Å²) in [4.78, 5) is 12.8. The van der Waals surface area contributed by atoms with E-state index in [0.717, 1.165) is 11.1 Å². The fourth-order valence-electron chi connectivity index (χ4n) is 3.06. The Kier molecular flexibility index (Phi) is 5.00. The molecule has 0 N–H and O–H groups in total. The van der Waals surface area contributed by atoms with E-state index in [-0.39, 0.29) is 16.9 Å². The molecule has 1 unspecified atom stereocenters. The van der Waals surface area contributed by atoms with Crippen LogP contribution in [0.4, 0.5) is 0 Å². The Hall–Kier alpha value is -0.493. The van der Waals surface area contributed by atoms with E-state index in [1.807, 2.05) is 13.8 Å². The van der Waals surface area contributed by atoms with Gasteiger partial charge in [-0.15, -0.1) is 0 Å². The molecular formula is C18H32O4Si. The summed E-state index contributed by atoms with van der Waals surface area (Å²) in [6.07, 6.45) is -0.111. The highest BCUT2D eigenvalue weighted by Gasteiger charge is 2.48. The number of carbonyl (C=O) groups is 1. The summed E-state index contributed by atoms with van der Waals surface area (Å²) in [6, 6.07) is 0. The number of Topliss-reactive ketones (excluding diaryl/α,β-unsaturated/α-hetero) is 1. The van der Waals surface area contributed by atoms with Gasteiger partial charge in [0, 0.05) is 11.8 Å². The Morgan fingerprint density at radius 1 is 1.17 bits per heavy atom. The van der Waals surface area contributed by atoms with E-state index in [2.05, 4.69) is 40.8 Å². The van der Waals surface area contributed by atoms with Crippen LogP contribution in [0, 0.1) is 5.41 Å². The standard InChI is InChI=1S/C18H32O4Si/c1-12-13(22-23(7,8)17(2,3)4)11-14(19)18(5,6)15(12)16-20-9-10-21-16/h13,16H,9-11H2,1-8H3. The van der Waals surface area contributed by atoms with Gasteiger partial charge in [0.1, 0.15) is 5.78 Å². The lowest BCUT2D eigenvalue weighted by atomic mass is 9.70. The zero-order chi connectivity index (χ0) is 17.6. The minimum Gasteiger partial charge on any atom is -0.410 e. The predicted octanol–water partition coefficient (Wildman–Crippen LogP) is 4.07. The van der Waals surface area contributed by atoms with Gasteiger partial charge in [0.2, 0.25) is 0 Å². The van der Waals surface area contributed by atoms with Crippen molar-refractivity contribution >= 4 is 14.1 Å². The summed E-state index contributed by atoms with van der Waals surface area (Å²) in [5.74, 6) is 0.209. The van der Waals surface area contributed by atoms with Crippen LogP contribution >= 0.6 is 0 Å². The first-order valence-corrected chi connectivity index (χ1v) is 11.4. The molecule has 0 aromatic carbocycles. The lowest BCUT2D eigenvalue weighted by molar-refractivity contribution is -0.130. The second kappa shape index (κ2) is 6.10. The molecule has 1 saturated heterocycles. The van der Waals surface area contributed by atoms with Gasteiger partial charge in [-0.1, -0.05) is 20.8 Å². The van der Waals surface area contributed by atoms with Gasteiger partial charge in [0.05, 0.1) is 19.3 Å². The maximum Gasteiger partial charge on any atom is 0.192 e. The highest BCUT2D eigenvalue weighted by atomic mass is 28.4. The molecule has 0 bridgehead atoms. The number of rotatable bonds is 3. The molecule has 0 aromatic rings. The molecule has 23 heavy (non-hydrogen) atoms. The molecule has 1 fully saturated rings.